The van der Waals surface area contributed by atoms with E-state index in [0.29, 0.717) is 5.58 Å². The van der Waals surface area contributed by atoms with Crippen molar-refractivity contribution >= 4 is 16.7 Å². The minimum Gasteiger partial charge on any atom is -0.423 e. The summed E-state index contributed by atoms with van der Waals surface area (Å²) in [5.74, 6) is 6.48. The van der Waals surface area contributed by atoms with Crippen LogP contribution in [0.3, 0.4) is 0 Å². The van der Waals surface area contributed by atoms with Gasteiger partial charge < -0.3 is 9.73 Å². The summed E-state index contributed by atoms with van der Waals surface area (Å²) in [6.07, 6.45) is 4.43. The number of hydrogen-bond acceptors (Lipinski definition) is 3. The van der Waals surface area contributed by atoms with E-state index in [-0.39, 0.29) is 5.63 Å². The minimum absolute atomic E-state index is 0.333. The fraction of sp³-hybridized carbons (Fsp3) is 0.389. The van der Waals surface area contributed by atoms with Crippen molar-refractivity contribution in [1.29, 1.82) is 0 Å². The molecule has 0 amide bonds. The molecule has 1 heterocycles. The van der Waals surface area contributed by atoms with Crippen LogP contribution >= 0.6 is 0 Å². The van der Waals surface area contributed by atoms with Gasteiger partial charge in [-0.25, -0.2) is 4.79 Å². The largest absolute Gasteiger partial charge is 0.423 e. The van der Waals surface area contributed by atoms with Gasteiger partial charge in [0.25, 0.3) is 0 Å². The van der Waals surface area contributed by atoms with Gasteiger partial charge in [-0.15, -0.1) is 0 Å². The summed E-state index contributed by atoms with van der Waals surface area (Å²) in [6, 6.07) is 6.97. The second kappa shape index (κ2) is 7.54. The first-order chi connectivity index (χ1) is 10.3. The van der Waals surface area contributed by atoms with Gasteiger partial charge in [-0.05, 0) is 31.5 Å². The molecule has 0 bridgehead atoms. The topological polar surface area (TPSA) is 42.2 Å². The molecule has 1 aromatic heterocycles. The van der Waals surface area contributed by atoms with Gasteiger partial charge in [-0.1, -0.05) is 31.6 Å². The molecule has 0 aliphatic rings. The van der Waals surface area contributed by atoms with E-state index >= 15 is 0 Å². The van der Waals surface area contributed by atoms with Gasteiger partial charge in [0, 0.05) is 24.4 Å². The van der Waals surface area contributed by atoms with Gasteiger partial charge in [-0.3, -0.25) is 0 Å². The zero-order valence-electron chi connectivity index (χ0n) is 12.7. The molecular formula is C18H21NO2. The first kappa shape index (κ1) is 15.2. The fourth-order valence-corrected chi connectivity index (χ4v) is 2.24. The molecule has 0 fully saturated rings. The number of hydrogen-bond donors (Lipinski definition) is 1. The summed E-state index contributed by atoms with van der Waals surface area (Å²) in [5.41, 5.74) is 2.15. The highest BCUT2D eigenvalue weighted by molar-refractivity contribution is 5.89. The fourth-order valence-electron chi connectivity index (χ4n) is 2.24. The summed E-state index contributed by atoms with van der Waals surface area (Å²) in [6.45, 7) is 5.06. The highest BCUT2D eigenvalue weighted by Gasteiger charge is 2.07. The second-order valence-corrected chi connectivity index (χ2v) is 4.94. The lowest BCUT2D eigenvalue weighted by Crippen LogP contribution is -2.01. The van der Waals surface area contributed by atoms with Gasteiger partial charge in [0.1, 0.15) is 5.58 Å². The van der Waals surface area contributed by atoms with Gasteiger partial charge in [-0.2, -0.15) is 0 Å². The van der Waals surface area contributed by atoms with E-state index in [0.717, 1.165) is 36.0 Å². The van der Waals surface area contributed by atoms with Gasteiger partial charge in [0.05, 0.1) is 11.3 Å². The summed E-state index contributed by atoms with van der Waals surface area (Å²) in [4.78, 5) is 11.3. The monoisotopic (exact) mass is 283 g/mol. The van der Waals surface area contributed by atoms with Crippen molar-refractivity contribution in [2.24, 2.45) is 0 Å². The molecule has 0 atom stereocenters. The predicted octanol–water partition coefficient (Wildman–Crippen LogP) is 4.16. The first-order valence-corrected chi connectivity index (χ1v) is 7.56. The van der Waals surface area contributed by atoms with Crippen molar-refractivity contribution in [3.05, 3.63) is 40.2 Å². The third-order valence-corrected chi connectivity index (χ3v) is 3.29. The third-order valence-electron chi connectivity index (χ3n) is 3.29. The molecule has 2 aromatic rings. The van der Waals surface area contributed by atoms with Crippen molar-refractivity contribution in [1.82, 2.24) is 0 Å². The zero-order chi connectivity index (χ0) is 15.1. The van der Waals surface area contributed by atoms with Crippen molar-refractivity contribution in [2.75, 3.05) is 11.9 Å². The summed E-state index contributed by atoms with van der Waals surface area (Å²) < 4.78 is 5.23. The lowest BCUT2D eigenvalue weighted by Gasteiger charge is -2.08. The number of anilines is 1. The molecule has 2 rings (SSSR count). The maximum atomic E-state index is 11.3. The number of unbranched alkanes of at least 4 members (excludes halogenated alkanes) is 3. The number of benzene rings is 1. The molecule has 0 spiro atoms. The second-order valence-electron chi connectivity index (χ2n) is 4.94. The SMILES string of the molecule is CCCCCC#Cc1c(NCC)ccc2oc(=O)ccc12. The quantitative estimate of drug-likeness (QED) is 0.509. The van der Waals surface area contributed by atoms with Crippen LogP contribution in [0.25, 0.3) is 11.0 Å². The van der Waals surface area contributed by atoms with Crippen molar-refractivity contribution < 1.29 is 4.42 Å². The van der Waals surface area contributed by atoms with Crippen LogP contribution in [0.4, 0.5) is 5.69 Å². The number of nitrogens with one attached hydrogen (secondary N) is 1. The van der Waals surface area contributed by atoms with Crippen LogP contribution in [0.15, 0.2) is 33.5 Å². The summed E-state index contributed by atoms with van der Waals surface area (Å²) in [5, 5.41) is 4.20. The van der Waals surface area contributed by atoms with Crippen LogP contribution in [0, 0.1) is 11.8 Å². The molecule has 110 valence electrons. The van der Waals surface area contributed by atoms with Crippen LogP contribution < -0.4 is 10.9 Å². The number of rotatable bonds is 5. The summed E-state index contributed by atoms with van der Waals surface area (Å²) >= 11 is 0. The Labute approximate surface area is 125 Å². The van der Waals surface area contributed by atoms with E-state index in [4.69, 9.17) is 4.42 Å². The lowest BCUT2D eigenvalue weighted by molar-refractivity contribution is 0.561. The van der Waals surface area contributed by atoms with Crippen LogP contribution in [-0.4, -0.2) is 6.54 Å². The molecule has 1 N–H and O–H groups in total. The Bertz CT molecular complexity index is 719. The molecule has 0 unspecified atom stereocenters. The predicted molar refractivity (Wildman–Crippen MR) is 87.7 cm³/mol. The van der Waals surface area contributed by atoms with E-state index in [1.54, 1.807) is 6.07 Å². The van der Waals surface area contributed by atoms with Crippen molar-refractivity contribution in [3.8, 4) is 11.8 Å². The smallest absolute Gasteiger partial charge is 0.336 e. The van der Waals surface area contributed by atoms with Crippen LogP contribution in [0.2, 0.25) is 0 Å². The van der Waals surface area contributed by atoms with Crippen molar-refractivity contribution in [2.45, 2.75) is 39.5 Å². The Kier molecular flexibility index (Phi) is 5.45. The van der Waals surface area contributed by atoms with E-state index in [2.05, 4.69) is 24.1 Å². The van der Waals surface area contributed by atoms with Gasteiger partial charge in [0.15, 0.2) is 0 Å². The molecule has 0 aliphatic heterocycles. The van der Waals surface area contributed by atoms with Crippen LogP contribution in [0.1, 0.15) is 45.1 Å². The summed E-state index contributed by atoms with van der Waals surface area (Å²) in [7, 11) is 0. The minimum atomic E-state index is -0.333. The molecule has 0 radical (unpaired) electrons. The standard InChI is InChI=1S/C18H21NO2/c1-3-5-6-7-8-9-14-15-10-13-18(20)21-17(15)12-11-16(14)19-4-2/h10-13,19H,3-7H2,1-2H3. The average Bonchev–Trinajstić information content (AvgIpc) is 2.48. The lowest BCUT2D eigenvalue weighted by atomic mass is 10.1. The molecule has 3 heteroatoms. The molecule has 21 heavy (non-hydrogen) atoms. The van der Waals surface area contributed by atoms with E-state index in [1.807, 2.05) is 19.1 Å². The molecule has 1 aromatic carbocycles. The van der Waals surface area contributed by atoms with E-state index in [1.165, 1.54) is 18.9 Å². The van der Waals surface area contributed by atoms with E-state index in [9.17, 15) is 4.79 Å². The normalized spacial score (nSPS) is 10.2. The van der Waals surface area contributed by atoms with Crippen molar-refractivity contribution in [3.63, 3.8) is 0 Å². The highest BCUT2D eigenvalue weighted by Crippen LogP contribution is 2.24. The van der Waals surface area contributed by atoms with Gasteiger partial charge in [0.2, 0.25) is 0 Å². The molecular weight excluding hydrogens is 262 g/mol. The molecule has 0 saturated heterocycles. The Morgan fingerprint density at radius 3 is 2.76 bits per heavy atom. The molecule has 0 aliphatic carbocycles. The number of fused-ring (bicyclic) bond motifs is 1. The Hall–Kier alpha value is -2.21. The molecule has 0 saturated carbocycles. The zero-order valence-corrected chi connectivity index (χ0v) is 12.7. The Balaban J connectivity index is 2.41. The maximum Gasteiger partial charge on any atom is 0.336 e. The Morgan fingerprint density at radius 1 is 1.14 bits per heavy atom. The molecule has 3 nitrogen and oxygen atoms in total. The highest BCUT2D eigenvalue weighted by atomic mass is 16.4. The van der Waals surface area contributed by atoms with E-state index < -0.39 is 0 Å². The van der Waals surface area contributed by atoms with Crippen LogP contribution in [-0.2, 0) is 0 Å². The Morgan fingerprint density at radius 2 is 2.00 bits per heavy atom. The third kappa shape index (κ3) is 3.88. The van der Waals surface area contributed by atoms with Gasteiger partial charge >= 0.3 is 5.63 Å². The average molecular weight is 283 g/mol. The maximum absolute atomic E-state index is 11.3. The van der Waals surface area contributed by atoms with Crippen LogP contribution in [0.5, 0.6) is 0 Å². The first-order valence-electron chi connectivity index (χ1n) is 7.56.